The van der Waals surface area contributed by atoms with Crippen LogP contribution in [0, 0.1) is 13.8 Å². The predicted molar refractivity (Wildman–Crippen MR) is 130 cm³/mol. The van der Waals surface area contributed by atoms with Gasteiger partial charge in [-0.05, 0) is 31.5 Å². The van der Waals surface area contributed by atoms with Gasteiger partial charge < -0.3 is 15.1 Å². The van der Waals surface area contributed by atoms with Crippen LogP contribution in [0.25, 0.3) is 16.8 Å². The van der Waals surface area contributed by atoms with E-state index in [1.54, 1.807) is 13.2 Å². The molecule has 0 radical (unpaired) electrons. The van der Waals surface area contributed by atoms with Crippen molar-refractivity contribution < 1.29 is 4.42 Å². The van der Waals surface area contributed by atoms with E-state index in [0.29, 0.717) is 19.0 Å². The summed E-state index contributed by atoms with van der Waals surface area (Å²) < 4.78 is 7.90. The summed E-state index contributed by atoms with van der Waals surface area (Å²) >= 11 is 0. The van der Waals surface area contributed by atoms with Crippen molar-refractivity contribution in [1.29, 1.82) is 0 Å². The van der Waals surface area contributed by atoms with E-state index < -0.39 is 0 Å². The van der Waals surface area contributed by atoms with Crippen LogP contribution < -0.4 is 10.6 Å². The van der Waals surface area contributed by atoms with Crippen molar-refractivity contribution in [2.24, 2.45) is 4.99 Å². The lowest BCUT2D eigenvalue weighted by Gasteiger charge is -2.12. The quantitative estimate of drug-likeness (QED) is 0.237. The van der Waals surface area contributed by atoms with Gasteiger partial charge in [0.25, 0.3) is 0 Å². The molecule has 0 aliphatic rings. The lowest BCUT2D eigenvalue weighted by atomic mass is 10.1. The number of hydrogen-bond donors (Lipinski definition) is 2. The smallest absolute Gasteiger partial charge is 0.191 e. The first-order chi connectivity index (χ1) is 14.2. The van der Waals surface area contributed by atoms with Crippen molar-refractivity contribution in [3.8, 4) is 5.82 Å². The summed E-state index contributed by atoms with van der Waals surface area (Å²) in [5.74, 6) is 3.38. The van der Waals surface area contributed by atoms with Gasteiger partial charge in [0.2, 0.25) is 0 Å². The number of nitrogens with zero attached hydrogens (tertiary/aromatic N) is 4. The van der Waals surface area contributed by atoms with Gasteiger partial charge in [0, 0.05) is 43.1 Å². The molecule has 0 atom stereocenters. The molecule has 1 aromatic carbocycles. The molecule has 0 spiro atoms. The van der Waals surface area contributed by atoms with Crippen LogP contribution in [0.2, 0.25) is 0 Å². The number of imidazole rings is 1. The summed E-state index contributed by atoms with van der Waals surface area (Å²) in [6.07, 6.45) is 5.53. The maximum Gasteiger partial charge on any atom is 0.191 e. The summed E-state index contributed by atoms with van der Waals surface area (Å²) in [4.78, 5) is 13.0. The first kappa shape index (κ1) is 21.8. The molecule has 0 saturated heterocycles. The highest BCUT2D eigenvalue weighted by molar-refractivity contribution is 14.0. The van der Waals surface area contributed by atoms with Crippen LogP contribution in [-0.2, 0) is 13.1 Å². The number of pyridine rings is 1. The molecule has 156 valence electrons. The fraction of sp³-hybridized carbons (Fsp3) is 0.227. The Labute approximate surface area is 192 Å². The molecule has 8 heteroatoms. The van der Waals surface area contributed by atoms with Gasteiger partial charge in [-0.25, -0.2) is 9.97 Å². The average molecular weight is 516 g/mol. The lowest BCUT2D eigenvalue weighted by Crippen LogP contribution is -2.36. The largest absolute Gasteiger partial charge is 0.459 e. The number of furan rings is 1. The summed E-state index contributed by atoms with van der Waals surface area (Å²) in [5, 5.41) is 7.77. The van der Waals surface area contributed by atoms with Gasteiger partial charge in [0.05, 0.1) is 6.54 Å². The SMILES string of the molecule is CN=C(NCc1ccc(-n2ccnc2C)nc1)NCc1oc2ccccc2c1C.I. The second kappa shape index (κ2) is 9.75. The van der Waals surface area contributed by atoms with Crippen molar-refractivity contribution >= 4 is 40.9 Å². The van der Waals surface area contributed by atoms with E-state index in [1.165, 1.54) is 0 Å². The van der Waals surface area contributed by atoms with E-state index in [9.17, 15) is 0 Å². The minimum Gasteiger partial charge on any atom is -0.459 e. The highest BCUT2D eigenvalue weighted by Crippen LogP contribution is 2.24. The van der Waals surface area contributed by atoms with Crippen molar-refractivity contribution in [1.82, 2.24) is 25.2 Å². The van der Waals surface area contributed by atoms with Gasteiger partial charge in [-0.1, -0.05) is 24.3 Å². The number of hydrogen-bond acceptors (Lipinski definition) is 4. The predicted octanol–water partition coefficient (Wildman–Crippen LogP) is 4.11. The van der Waals surface area contributed by atoms with Crippen LogP contribution in [0.15, 0.2) is 64.4 Å². The molecule has 0 amide bonds. The molecule has 2 N–H and O–H groups in total. The monoisotopic (exact) mass is 516 g/mol. The van der Waals surface area contributed by atoms with Crippen LogP contribution in [0.1, 0.15) is 22.7 Å². The van der Waals surface area contributed by atoms with E-state index in [0.717, 1.165) is 39.5 Å². The Bertz CT molecular complexity index is 1150. The molecule has 0 saturated carbocycles. The summed E-state index contributed by atoms with van der Waals surface area (Å²) in [5.41, 5.74) is 3.12. The molecule has 0 aliphatic heterocycles. The van der Waals surface area contributed by atoms with Crippen LogP contribution in [0.5, 0.6) is 0 Å². The zero-order chi connectivity index (χ0) is 20.2. The van der Waals surface area contributed by atoms with Gasteiger partial charge in [-0.3, -0.25) is 9.56 Å². The standard InChI is InChI=1S/C22H24N6O.HI/c1-15-18-6-4-5-7-19(18)29-20(15)14-27-22(23-3)26-13-17-8-9-21(25-12-17)28-11-10-24-16(28)2;/h4-12H,13-14H2,1-3H3,(H2,23,26,27);1H. The molecule has 4 aromatic rings. The topological polar surface area (TPSA) is 80.3 Å². The molecule has 3 heterocycles. The highest BCUT2D eigenvalue weighted by atomic mass is 127. The number of nitrogens with one attached hydrogen (secondary N) is 2. The van der Waals surface area contributed by atoms with Gasteiger partial charge in [-0.15, -0.1) is 24.0 Å². The Balaban J connectivity index is 0.00000256. The third kappa shape index (κ3) is 4.64. The number of aliphatic imine (C=N–C) groups is 1. The molecule has 7 nitrogen and oxygen atoms in total. The molecule has 4 rings (SSSR count). The first-order valence-corrected chi connectivity index (χ1v) is 9.52. The van der Waals surface area contributed by atoms with Crippen molar-refractivity contribution in [2.45, 2.75) is 26.9 Å². The van der Waals surface area contributed by atoms with E-state index in [2.05, 4.69) is 38.6 Å². The molecule has 0 bridgehead atoms. The molecule has 0 unspecified atom stereocenters. The van der Waals surface area contributed by atoms with E-state index in [-0.39, 0.29) is 24.0 Å². The highest BCUT2D eigenvalue weighted by Gasteiger charge is 2.10. The minimum atomic E-state index is 0. The second-order valence-corrected chi connectivity index (χ2v) is 6.79. The van der Waals surface area contributed by atoms with Crippen LogP contribution in [0.3, 0.4) is 0 Å². The number of aromatic nitrogens is 3. The fourth-order valence-corrected chi connectivity index (χ4v) is 3.25. The van der Waals surface area contributed by atoms with E-state index >= 15 is 0 Å². The number of rotatable bonds is 5. The van der Waals surface area contributed by atoms with E-state index in [4.69, 9.17) is 4.42 Å². The molecular formula is C22H25IN6O. The summed E-state index contributed by atoms with van der Waals surface area (Å²) in [6.45, 7) is 5.22. The Hall–Kier alpha value is -2.88. The number of guanidine groups is 1. The van der Waals surface area contributed by atoms with E-state index in [1.807, 2.05) is 54.2 Å². The number of benzene rings is 1. The average Bonchev–Trinajstić information content (AvgIpc) is 3.32. The Morgan fingerprint density at radius 3 is 2.53 bits per heavy atom. The third-order valence-electron chi connectivity index (χ3n) is 4.92. The van der Waals surface area contributed by atoms with Crippen molar-refractivity contribution in [3.63, 3.8) is 0 Å². The fourth-order valence-electron chi connectivity index (χ4n) is 3.25. The van der Waals surface area contributed by atoms with Crippen molar-refractivity contribution in [2.75, 3.05) is 7.05 Å². The van der Waals surface area contributed by atoms with Gasteiger partial charge in [0.15, 0.2) is 5.96 Å². The molecule has 0 fully saturated rings. The van der Waals surface area contributed by atoms with Crippen LogP contribution in [-0.4, -0.2) is 27.5 Å². The molecule has 0 aliphatic carbocycles. The molecule has 30 heavy (non-hydrogen) atoms. The minimum absolute atomic E-state index is 0. The van der Waals surface area contributed by atoms with Crippen LogP contribution >= 0.6 is 24.0 Å². The van der Waals surface area contributed by atoms with Crippen molar-refractivity contribution in [3.05, 3.63) is 77.7 Å². The Morgan fingerprint density at radius 1 is 1.07 bits per heavy atom. The maximum atomic E-state index is 5.95. The van der Waals surface area contributed by atoms with Gasteiger partial charge in [0.1, 0.15) is 23.0 Å². The lowest BCUT2D eigenvalue weighted by molar-refractivity contribution is 0.534. The van der Waals surface area contributed by atoms with Gasteiger partial charge >= 0.3 is 0 Å². The van der Waals surface area contributed by atoms with Gasteiger partial charge in [-0.2, -0.15) is 0 Å². The maximum absolute atomic E-state index is 5.95. The third-order valence-corrected chi connectivity index (χ3v) is 4.92. The normalized spacial score (nSPS) is 11.4. The Kier molecular flexibility index (Phi) is 7.09. The number of para-hydroxylation sites is 1. The zero-order valence-corrected chi connectivity index (χ0v) is 19.5. The Morgan fingerprint density at radius 2 is 1.87 bits per heavy atom. The number of halogens is 1. The second-order valence-electron chi connectivity index (χ2n) is 6.79. The molecule has 3 aromatic heterocycles. The zero-order valence-electron chi connectivity index (χ0n) is 17.2. The number of aryl methyl sites for hydroxylation is 2. The van der Waals surface area contributed by atoms with Crippen LogP contribution in [0.4, 0.5) is 0 Å². The summed E-state index contributed by atoms with van der Waals surface area (Å²) in [6, 6.07) is 12.1. The molecular weight excluding hydrogens is 491 g/mol. The number of fused-ring (bicyclic) bond motifs is 1. The first-order valence-electron chi connectivity index (χ1n) is 9.52. The summed E-state index contributed by atoms with van der Waals surface area (Å²) in [7, 11) is 1.75.